The molecule has 7 heteroatoms. The molecule has 1 aromatic heterocycles. The Morgan fingerprint density at radius 1 is 1.53 bits per heavy atom. The number of methoxy groups -OCH3 is 1. The van der Waals surface area contributed by atoms with Gasteiger partial charge in [-0.2, -0.15) is 0 Å². The molecule has 19 heavy (non-hydrogen) atoms. The van der Waals surface area contributed by atoms with Gasteiger partial charge in [-0.3, -0.25) is 0 Å². The van der Waals surface area contributed by atoms with E-state index < -0.39 is 5.82 Å². The van der Waals surface area contributed by atoms with Gasteiger partial charge in [-0.1, -0.05) is 23.8 Å². The van der Waals surface area contributed by atoms with Crippen molar-refractivity contribution in [1.29, 1.82) is 0 Å². The molecule has 0 atom stereocenters. The second-order valence-electron chi connectivity index (χ2n) is 3.74. The van der Waals surface area contributed by atoms with Crippen LogP contribution in [-0.2, 0) is 11.3 Å². The van der Waals surface area contributed by atoms with E-state index in [2.05, 4.69) is 25.9 Å². The Morgan fingerprint density at radius 3 is 2.89 bits per heavy atom. The van der Waals surface area contributed by atoms with Crippen molar-refractivity contribution in [2.75, 3.05) is 7.11 Å². The van der Waals surface area contributed by atoms with Crippen molar-refractivity contribution >= 4 is 39.7 Å². The minimum absolute atomic E-state index is 0.0369. The lowest BCUT2D eigenvalue weighted by Gasteiger charge is -2.08. The normalized spacial score (nSPS) is 10.7. The summed E-state index contributed by atoms with van der Waals surface area (Å²) in [5.41, 5.74) is 1.42. The first-order chi connectivity index (χ1) is 9.02. The Labute approximate surface area is 127 Å². The third-order valence-electron chi connectivity index (χ3n) is 2.42. The molecule has 1 heterocycles. The molecule has 0 saturated heterocycles. The van der Waals surface area contributed by atoms with Gasteiger partial charge < -0.3 is 9.72 Å². The SMILES string of the molecule is COCc1[nH]c(-c2ccc(F)c(Cl)c2)nc(=S)c1Br. The maximum Gasteiger partial charge on any atom is 0.144 e. The summed E-state index contributed by atoms with van der Waals surface area (Å²) >= 11 is 14.3. The maximum absolute atomic E-state index is 13.1. The molecule has 0 fully saturated rings. The van der Waals surface area contributed by atoms with Crippen LogP contribution >= 0.6 is 39.7 Å². The van der Waals surface area contributed by atoms with E-state index in [1.54, 1.807) is 13.2 Å². The predicted octanol–water partition coefficient (Wildman–Crippen LogP) is 4.51. The van der Waals surface area contributed by atoms with Crippen LogP contribution in [-0.4, -0.2) is 17.1 Å². The van der Waals surface area contributed by atoms with E-state index >= 15 is 0 Å². The first kappa shape index (κ1) is 14.6. The topological polar surface area (TPSA) is 37.9 Å². The molecule has 0 spiro atoms. The van der Waals surface area contributed by atoms with Gasteiger partial charge in [-0.15, -0.1) is 0 Å². The third-order valence-corrected chi connectivity index (χ3v) is 4.12. The Bertz CT molecular complexity index is 677. The lowest BCUT2D eigenvalue weighted by Crippen LogP contribution is -2.00. The average molecular weight is 364 g/mol. The van der Waals surface area contributed by atoms with Gasteiger partial charge in [0.2, 0.25) is 0 Å². The van der Waals surface area contributed by atoms with Crippen molar-refractivity contribution in [3.05, 3.63) is 43.8 Å². The largest absolute Gasteiger partial charge is 0.378 e. The summed E-state index contributed by atoms with van der Waals surface area (Å²) in [4.78, 5) is 7.32. The van der Waals surface area contributed by atoms with Crippen LogP contribution in [0.3, 0.4) is 0 Å². The van der Waals surface area contributed by atoms with Crippen LogP contribution < -0.4 is 0 Å². The number of aromatic nitrogens is 2. The van der Waals surface area contributed by atoms with Gasteiger partial charge in [0.05, 0.1) is 21.8 Å². The molecule has 0 radical (unpaired) electrons. The minimum atomic E-state index is -0.474. The molecule has 2 aromatic rings. The number of nitrogens with one attached hydrogen (secondary N) is 1. The third kappa shape index (κ3) is 3.20. The van der Waals surface area contributed by atoms with E-state index in [0.717, 1.165) is 5.69 Å². The predicted molar refractivity (Wildman–Crippen MR) is 78.2 cm³/mol. The average Bonchev–Trinajstić information content (AvgIpc) is 2.38. The first-order valence-electron chi connectivity index (χ1n) is 5.26. The Kier molecular flexibility index (Phi) is 4.67. The highest BCUT2D eigenvalue weighted by molar-refractivity contribution is 9.10. The summed E-state index contributed by atoms with van der Waals surface area (Å²) in [6.07, 6.45) is 0. The fourth-order valence-corrected chi connectivity index (χ4v) is 2.23. The standard InChI is InChI=1S/C12H9BrClFN2OS/c1-18-5-9-10(13)12(19)17-11(16-9)6-2-3-8(15)7(14)4-6/h2-4H,5H2,1H3,(H,16,17,19). The number of aromatic amines is 1. The zero-order valence-corrected chi connectivity index (χ0v) is 13.0. The number of rotatable bonds is 3. The highest BCUT2D eigenvalue weighted by atomic mass is 79.9. The van der Waals surface area contributed by atoms with Crippen LogP contribution in [0.1, 0.15) is 5.69 Å². The van der Waals surface area contributed by atoms with Gasteiger partial charge in [0.25, 0.3) is 0 Å². The summed E-state index contributed by atoms with van der Waals surface area (Å²) in [6, 6.07) is 4.36. The van der Waals surface area contributed by atoms with Crippen LogP contribution in [0.5, 0.6) is 0 Å². The molecule has 0 amide bonds. The second kappa shape index (κ2) is 6.09. The molecule has 1 N–H and O–H groups in total. The number of H-pyrrole nitrogens is 1. The van der Waals surface area contributed by atoms with Crippen LogP contribution in [0, 0.1) is 10.5 Å². The Morgan fingerprint density at radius 2 is 2.26 bits per heavy atom. The van der Waals surface area contributed by atoms with E-state index in [1.165, 1.54) is 12.1 Å². The quantitative estimate of drug-likeness (QED) is 0.816. The van der Waals surface area contributed by atoms with Crippen LogP contribution in [0.2, 0.25) is 5.02 Å². The Balaban J connectivity index is 2.56. The van der Waals surface area contributed by atoms with Gasteiger partial charge in [-0.25, -0.2) is 9.37 Å². The van der Waals surface area contributed by atoms with E-state index in [1.807, 2.05) is 0 Å². The number of ether oxygens (including phenoxy) is 1. The highest BCUT2D eigenvalue weighted by Crippen LogP contribution is 2.25. The van der Waals surface area contributed by atoms with Gasteiger partial charge in [0.15, 0.2) is 0 Å². The molecule has 3 nitrogen and oxygen atoms in total. The summed E-state index contributed by atoms with van der Waals surface area (Å²) in [5, 5.41) is 0.0369. The van der Waals surface area contributed by atoms with E-state index in [9.17, 15) is 4.39 Å². The molecule has 0 bridgehead atoms. The lowest BCUT2D eigenvalue weighted by atomic mass is 10.2. The summed E-state index contributed by atoms with van der Waals surface area (Å²) < 4.78 is 19.3. The number of hydrogen-bond acceptors (Lipinski definition) is 3. The molecule has 1 aromatic carbocycles. The van der Waals surface area contributed by atoms with E-state index in [4.69, 9.17) is 28.6 Å². The number of hydrogen-bond donors (Lipinski definition) is 1. The van der Waals surface area contributed by atoms with Crippen molar-refractivity contribution in [3.63, 3.8) is 0 Å². The molecule has 0 saturated carbocycles. The fourth-order valence-electron chi connectivity index (χ4n) is 1.53. The van der Waals surface area contributed by atoms with Gasteiger partial charge in [-0.05, 0) is 34.1 Å². The van der Waals surface area contributed by atoms with Crippen molar-refractivity contribution in [2.45, 2.75) is 6.61 Å². The zero-order chi connectivity index (χ0) is 14.0. The molecular weight excluding hydrogens is 355 g/mol. The first-order valence-corrected chi connectivity index (χ1v) is 6.84. The van der Waals surface area contributed by atoms with Crippen LogP contribution in [0.25, 0.3) is 11.4 Å². The molecule has 0 unspecified atom stereocenters. The summed E-state index contributed by atoms with van der Waals surface area (Å²) in [6.45, 7) is 0.356. The molecule has 100 valence electrons. The maximum atomic E-state index is 13.1. The van der Waals surface area contributed by atoms with Crippen molar-refractivity contribution < 1.29 is 9.13 Å². The molecule has 0 aliphatic carbocycles. The Hall–Kier alpha value is -0.820. The molecule has 2 rings (SSSR count). The van der Waals surface area contributed by atoms with Gasteiger partial charge >= 0.3 is 0 Å². The second-order valence-corrected chi connectivity index (χ2v) is 5.33. The summed E-state index contributed by atoms with van der Waals surface area (Å²) in [5.74, 6) is 0.0420. The fraction of sp³-hybridized carbons (Fsp3) is 0.167. The van der Waals surface area contributed by atoms with Crippen molar-refractivity contribution in [2.24, 2.45) is 0 Å². The molecule has 0 aliphatic heterocycles. The summed E-state index contributed by atoms with van der Waals surface area (Å²) in [7, 11) is 1.58. The van der Waals surface area contributed by atoms with E-state index in [0.29, 0.717) is 27.1 Å². The van der Waals surface area contributed by atoms with Crippen LogP contribution in [0.4, 0.5) is 4.39 Å². The number of nitrogens with zero attached hydrogens (tertiary/aromatic N) is 1. The van der Waals surface area contributed by atoms with Gasteiger partial charge in [0, 0.05) is 12.7 Å². The smallest absolute Gasteiger partial charge is 0.144 e. The lowest BCUT2D eigenvalue weighted by molar-refractivity contribution is 0.181. The van der Waals surface area contributed by atoms with E-state index in [-0.39, 0.29) is 5.02 Å². The molecular formula is C12H9BrClFN2OS. The van der Waals surface area contributed by atoms with Crippen molar-refractivity contribution in [1.82, 2.24) is 9.97 Å². The number of benzene rings is 1. The van der Waals surface area contributed by atoms with Crippen LogP contribution in [0.15, 0.2) is 22.7 Å². The van der Waals surface area contributed by atoms with Crippen molar-refractivity contribution in [3.8, 4) is 11.4 Å². The highest BCUT2D eigenvalue weighted by Gasteiger charge is 2.09. The minimum Gasteiger partial charge on any atom is -0.378 e. The number of halogens is 3. The zero-order valence-electron chi connectivity index (χ0n) is 9.84. The van der Waals surface area contributed by atoms with Gasteiger partial charge in [0.1, 0.15) is 16.3 Å². The monoisotopic (exact) mass is 362 g/mol. The molecule has 0 aliphatic rings.